The van der Waals surface area contributed by atoms with E-state index in [1.165, 1.54) is 24.3 Å². The van der Waals surface area contributed by atoms with Crippen LogP contribution in [0.15, 0.2) is 42.2 Å². The van der Waals surface area contributed by atoms with Crippen molar-refractivity contribution in [2.75, 3.05) is 0 Å². The predicted octanol–water partition coefficient (Wildman–Crippen LogP) is 6.25. The molecule has 0 atom stereocenters. The van der Waals surface area contributed by atoms with Crippen molar-refractivity contribution < 1.29 is 13.6 Å². The number of hydrogen-bond acceptors (Lipinski definition) is 1. The van der Waals surface area contributed by atoms with Crippen molar-refractivity contribution in [1.82, 2.24) is 0 Å². The largest absolute Gasteiger partial charge is 0.289 e. The van der Waals surface area contributed by atoms with Crippen molar-refractivity contribution in [2.24, 2.45) is 0 Å². The number of halogens is 6. The van der Waals surface area contributed by atoms with Gasteiger partial charge in [-0.1, -0.05) is 0 Å². The molecule has 0 saturated carbocycles. The summed E-state index contributed by atoms with van der Waals surface area (Å²) in [5, 5.41) is 0. The SMILES string of the molecule is O=C(c1cc(Br)c(F)c(Br)c1)c1cc(Br)c(F)c(Br)c1. The van der Waals surface area contributed by atoms with Crippen LogP contribution in [0.25, 0.3) is 0 Å². The smallest absolute Gasteiger partial charge is 0.193 e. The molecule has 0 aliphatic carbocycles. The van der Waals surface area contributed by atoms with Crippen LogP contribution in [0, 0.1) is 11.6 Å². The van der Waals surface area contributed by atoms with Crippen LogP contribution in [0.1, 0.15) is 15.9 Å². The Morgan fingerprint density at radius 3 is 1.20 bits per heavy atom. The zero-order chi connectivity index (χ0) is 15.0. The van der Waals surface area contributed by atoms with E-state index in [0.717, 1.165) is 0 Å². The number of carbonyl (C=O) groups excluding carboxylic acids is 1. The molecule has 0 heterocycles. The number of carbonyl (C=O) groups is 1. The molecule has 0 fully saturated rings. The number of hydrogen-bond donors (Lipinski definition) is 0. The minimum Gasteiger partial charge on any atom is -0.289 e. The summed E-state index contributed by atoms with van der Waals surface area (Å²) >= 11 is 12.2. The van der Waals surface area contributed by atoms with Gasteiger partial charge in [0.2, 0.25) is 0 Å². The predicted molar refractivity (Wildman–Crippen MR) is 87.0 cm³/mol. The molecule has 1 nitrogen and oxygen atoms in total. The second kappa shape index (κ2) is 6.34. The first-order valence-electron chi connectivity index (χ1n) is 5.15. The van der Waals surface area contributed by atoms with E-state index in [1.807, 2.05) is 0 Å². The maximum atomic E-state index is 13.5. The van der Waals surface area contributed by atoms with Crippen molar-refractivity contribution in [3.05, 3.63) is 64.9 Å². The van der Waals surface area contributed by atoms with E-state index in [2.05, 4.69) is 63.7 Å². The summed E-state index contributed by atoms with van der Waals surface area (Å²) in [5.41, 5.74) is 0.575. The quantitative estimate of drug-likeness (QED) is 0.330. The maximum absolute atomic E-state index is 13.5. The molecular weight excluding hydrogens is 530 g/mol. The van der Waals surface area contributed by atoms with Crippen molar-refractivity contribution in [2.45, 2.75) is 0 Å². The van der Waals surface area contributed by atoms with Crippen LogP contribution in [0.3, 0.4) is 0 Å². The lowest BCUT2D eigenvalue weighted by atomic mass is 10.0. The third-order valence-electron chi connectivity index (χ3n) is 2.49. The minimum atomic E-state index is -0.483. The zero-order valence-electron chi connectivity index (χ0n) is 9.49. The molecule has 2 rings (SSSR count). The molecule has 7 heteroatoms. The second-order valence-electron chi connectivity index (χ2n) is 3.84. The number of ketones is 1. The molecule has 0 aromatic heterocycles. The highest BCUT2D eigenvalue weighted by Crippen LogP contribution is 2.29. The van der Waals surface area contributed by atoms with Gasteiger partial charge in [-0.05, 0) is 88.0 Å². The van der Waals surface area contributed by atoms with Gasteiger partial charge in [0.15, 0.2) is 17.4 Å². The lowest BCUT2D eigenvalue weighted by Gasteiger charge is -2.07. The highest BCUT2D eigenvalue weighted by Gasteiger charge is 2.17. The molecule has 0 radical (unpaired) electrons. The average molecular weight is 534 g/mol. The Bertz CT molecular complexity index is 610. The van der Waals surface area contributed by atoms with Crippen LogP contribution in [0.4, 0.5) is 8.78 Å². The molecular formula is C13H4Br4F2O. The fraction of sp³-hybridized carbons (Fsp3) is 0. The van der Waals surface area contributed by atoms with Crippen molar-refractivity contribution in [3.63, 3.8) is 0 Å². The molecule has 0 spiro atoms. The molecule has 2 aromatic carbocycles. The van der Waals surface area contributed by atoms with E-state index < -0.39 is 11.6 Å². The zero-order valence-corrected chi connectivity index (χ0v) is 15.8. The first kappa shape index (κ1) is 16.3. The Balaban J connectivity index is 2.52. The van der Waals surface area contributed by atoms with Crippen LogP contribution in [0.2, 0.25) is 0 Å². The Labute approximate surface area is 147 Å². The van der Waals surface area contributed by atoms with Crippen LogP contribution < -0.4 is 0 Å². The maximum Gasteiger partial charge on any atom is 0.193 e. The lowest BCUT2D eigenvalue weighted by molar-refractivity contribution is 0.103. The van der Waals surface area contributed by atoms with E-state index in [4.69, 9.17) is 0 Å². The van der Waals surface area contributed by atoms with Crippen molar-refractivity contribution in [1.29, 1.82) is 0 Å². The van der Waals surface area contributed by atoms with E-state index in [-0.39, 0.29) is 34.8 Å². The monoisotopic (exact) mass is 530 g/mol. The van der Waals surface area contributed by atoms with Gasteiger partial charge in [0, 0.05) is 11.1 Å². The summed E-state index contributed by atoms with van der Waals surface area (Å²) < 4.78 is 27.7. The summed E-state index contributed by atoms with van der Waals surface area (Å²) in [6.45, 7) is 0. The molecule has 20 heavy (non-hydrogen) atoms. The fourth-order valence-electron chi connectivity index (χ4n) is 1.54. The highest BCUT2D eigenvalue weighted by molar-refractivity contribution is 9.11. The first-order chi connectivity index (χ1) is 9.31. The molecule has 0 saturated heterocycles. The standard InChI is InChI=1S/C13H4Br4F2O/c14-7-1-5(2-8(15)11(7)18)13(20)6-3-9(16)12(19)10(17)4-6/h1-4H. The van der Waals surface area contributed by atoms with Crippen molar-refractivity contribution in [3.8, 4) is 0 Å². The van der Waals surface area contributed by atoms with Gasteiger partial charge in [0.05, 0.1) is 17.9 Å². The average Bonchev–Trinajstić information content (AvgIpc) is 2.40. The summed E-state index contributed by atoms with van der Waals surface area (Å²) in [5.74, 6) is -1.31. The minimum absolute atomic E-state index is 0.176. The Kier molecular flexibility index (Phi) is 5.15. The van der Waals surface area contributed by atoms with Crippen molar-refractivity contribution >= 4 is 69.5 Å². The van der Waals surface area contributed by atoms with Gasteiger partial charge in [0.25, 0.3) is 0 Å². The fourth-order valence-corrected chi connectivity index (χ4v) is 3.91. The van der Waals surface area contributed by atoms with Gasteiger partial charge in [-0.15, -0.1) is 0 Å². The lowest BCUT2D eigenvalue weighted by Crippen LogP contribution is -2.03. The number of benzene rings is 2. The van der Waals surface area contributed by atoms with Gasteiger partial charge in [-0.3, -0.25) is 4.79 Å². The molecule has 0 N–H and O–H groups in total. The molecule has 104 valence electrons. The van der Waals surface area contributed by atoms with Crippen LogP contribution in [-0.2, 0) is 0 Å². The number of rotatable bonds is 2. The van der Waals surface area contributed by atoms with Crippen LogP contribution in [-0.4, -0.2) is 5.78 Å². The van der Waals surface area contributed by atoms with Gasteiger partial charge in [-0.2, -0.15) is 0 Å². The summed E-state index contributed by atoms with van der Waals surface area (Å²) in [6, 6.07) is 5.53. The summed E-state index contributed by atoms with van der Waals surface area (Å²) in [6.07, 6.45) is 0. The molecule has 0 amide bonds. The Hall–Kier alpha value is -0.110. The van der Waals surface area contributed by atoms with Crippen LogP contribution in [0.5, 0.6) is 0 Å². The Morgan fingerprint density at radius 2 is 0.950 bits per heavy atom. The first-order valence-corrected chi connectivity index (χ1v) is 8.32. The van der Waals surface area contributed by atoms with Gasteiger partial charge < -0.3 is 0 Å². The van der Waals surface area contributed by atoms with E-state index in [9.17, 15) is 13.6 Å². The summed E-state index contributed by atoms with van der Waals surface area (Å²) in [4.78, 5) is 12.3. The molecule has 0 bridgehead atoms. The molecule has 2 aromatic rings. The van der Waals surface area contributed by atoms with E-state index >= 15 is 0 Å². The third-order valence-corrected chi connectivity index (χ3v) is 4.80. The summed E-state index contributed by atoms with van der Waals surface area (Å²) in [7, 11) is 0. The van der Waals surface area contributed by atoms with Gasteiger partial charge in [-0.25, -0.2) is 8.78 Å². The normalized spacial score (nSPS) is 10.7. The highest BCUT2D eigenvalue weighted by atomic mass is 79.9. The topological polar surface area (TPSA) is 17.1 Å². The second-order valence-corrected chi connectivity index (χ2v) is 7.25. The molecule has 0 aliphatic rings. The van der Waals surface area contributed by atoms with Crippen LogP contribution >= 0.6 is 63.7 Å². The molecule has 0 aliphatic heterocycles. The van der Waals surface area contributed by atoms with Gasteiger partial charge >= 0.3 is 0 Å². The molecule has 0 unspecified atom stereocenters. The van der Waals surface area contributed by atoms with E-state index in [1.54, 1.807) is 0 Å². The van der Waals surface area contributed by atoms with E-state index in [0.29, 0.717) is 0 Å². The van der Waals surface area contributed by atoms with Gasteiger partial charge in [0.1, 0.15) is 0 Å². The third kappa shape index (κ3) is 3.21. The Morgan fingerprint density at radius 1 is 0.700 bits per heavy atom.